The van der Waals surface area contributed by atoms with Gasteiger partial charge in [0.1, 0.15) is 0 Å². The van der Waals surface area contributed by atoms with Gasteiger partial charge >= 0.3 is 0 Å². The Bertz CT molecular complexity index is 352. The van der Waals surface area contributed by atoms with Crippen LogP contribution >= 0.6 is 11.8 Å². The molecule has 0 atom stereocenters. The highest BCUT2D eigenvalue weighted by atomic mass is 32.2. The first kappa shape index (κ1) is 14.3. The summed E-state index contributed by atoms with van der Waals surface area (Å²) in [6.45, 7) is 7.38. The van der Waals surface area contributed by atoms with Crippen molar-refractivity contribution in [2.45, 2.75) is 43.8 Å². The van der Waals surface area contributed by atoms with Gasteiger partial charge in [0.2, 0.25) is 0 Å². The minimum Gasteiger partial charge on any atom is -0.330 e. The number of thioether (sulfide) groups is 1. The summed E-state index contributed by atoms with van der Waals surface area (Å²) in [5.74, 6) is 0. The van der Waals surface area contributed by atoms with E-state index in [1.165, 1.54) is 16.0 Å². The Morgan fingerprint density at radius 1 is 1.29 bits per heavy atom. The zero-order valence-corrected chi connectivity index (χ0v) is 11.9. The van der Waals surface area contributed by atoms with Gasteiger partial charge in [-0.15, -0.1) is 11.8 Å². The number of allylic oxidation sites excluding steroid dienone is 2. The van der Waals surface area contributed by atoms with Gasteiger partial charge in [-0.3, -0.25) is 0 Å². The van der Waals surface area contributed by atoms with Crippen LogP contribution in [0, 0.1) is 0 Å². The molecule has 94 valence electrons. The molecule has 0 fully saturated rings. The second kappa shape index (κ2) is 7.57. The van der Waals surface area contributed by atoms with Crippen LogP contribution in [0.15, 0.2) is 35.2 Å². The molecule has 0 unspecified atom stereocenters. The molecule has 2 heteroatoms. The summed E-state index contributed by atoms with van der Waals surface area (Å²) < 4.78 is 0. The molecule has 0 aliphatic rings. The van der Waals surface area contributed by atoms with Crippen LogP contribution in [0.5, 0.6) is 0 Å². The second-order valence-electron chi connectivity index (χ2n) is 4.51. The summed E-state index contributed by atoms with van der Waals surface area (Å²) in [6.07, 6.45) is 4.42. The summed E-state index contributed by atoms with van der Waals surface area (Å²) >= 11 is 1.90. The third-order valence-corrected chi connectivity index (χ3v) is 3.56. The summed E-state index contributed by atoms with van der Waals surface area (Å²) in [5.41, 5.74) is 8.15. The molecular weight excluding hydrogens is 226 g/mol. The van der Waals surface area contributed by atoms with Gasteiger partial charge in [0.05, 0.1) is 0 Å². The summed E-state index contributed by atoms with van der Waals surface area (Å²) in [4.78, 5) is 1.35. The molecule has 17 heavy (non-hydrogen) atoms. The van der Waals surface area contributed by atoms with Crippen molar-refractivity contribution in [1.29, 1.82) is 0 Å². The molecule has 0 spiro atoms. The van der Waals surface area contributed by atoms with E-state index in [1.807, 2.05) is 11.8 Å². The van der Waals surface area contributed by atoms with Gasteiger partial charge in [0.25, 0.3) is 0 Å². The van der Waals surface area contributed by atoms with E-state index in [9.17, 15) is 0 Å². The first-order chi connectivity index (χ1) is 8.13. The van der Waals surface area contributed by atoms with E-state index in [4.69, 9.17) is 5.73 Å². The molecule has 0 aliphatic carbocycles. The molecule has 0 radical (unpaired) electrons. The van der Waals surface area contributed by atoms with E-state index < -0.39 is 0 Å². The normalized spacial score (nSPS) is 12.2. The number of rotatable bonds is 6. The van der Waals surface area contributed by atoms with Gasteiger partial charge in [0, 0.05) is 10.1 Å². The van der Waals surface area contributed by atoms with Crippen LogP contribution in [0.25, 0.3) is 5.57 Å². The fraction of sp³-hybridized carbons (Fsp3) is 0.467. The highest BCUT2D eigenvalue weighted by Crippen LogP contribution is 2.24. The van der Waals surface area contributed by atoms with Crippen LogP contribution in [0.1, 0.15) is 39.2 Å². The lowest BCUT2D eigenvalue weighted by Gasteiger charge is -2.06. The Morgan fingerprint density at radius 2 is 1.94 bits per heavy atom. The topological polar surface area (TPSA) is 26.0 Å². The van der Waals surface area contributed by atoms with E-state index in [0.717, 1.165) is 19.4 Å². The van der Waals surface area contributed by atoms with Crippen molar-refractivity contribution in [3.05, 3.63) is 35.9 Å². The van der Waals surface area contributed by atoms with E-state index in [2.05, 4.69) is 51.1 Å². The molecular formula is C15H23NS. The maximum Gasteiger partial charge on any atom is 0.00749 e. The number of hydrogen-bond donors (Lipinski definition) is 1. The molecule has 0 bridgehead atoms. The first-order valence-electron chi connectivity index (χ1n) is 6.27. The van der Waals surface area contributed by atoms with Crippen molar-refractivity contribution in [1.82, 2.24) is 0 Å². The molecule has 0 heterocycles. The highest BCUT2D eigenvalue weighted by molar-refractivity contribution is 7.99. The Morgan fingerprint density at radius 3 is 2.47 bits per heavy atom. The highest BCUT2D eigenvalue weighted by Gasteiger charge is 1.99. The van der Waals surface area contributed by atoms with Crippen molar-refractivity contribution in [3.63, 3.8) is 0 Å². The Labute approximate surface area is 109 Å². The molecule has 0 amide bonds. The van der Waals surface area contributed by atoms with Crippen molar-refractivity contribution in [3.8, 4) is 0 Å². The number of benzene rings is 1. The molecule has 2 N–H and O–H groups in total. The smallest absolute Gasteiger partial charge is 0.00749 e. The quantitative estimate of drug-likeness (QED) is 0.600. The minimum absolute atomic E-state index is 0.641. The van der Waals surface area contributed by atoms with Crippen molar-refractivity contribution in [2.75, 3.05) is 6.54 Å². The minimum atomic E-state index is 0.641. The van der Waals surface area contributed by atoms with Crippen LogP contribution in [-0.4, -0.2) is 11.8 Å². The van der Waals surface area contributed by atoms with E-state index in [0.29, 0.717) is 5.25 Å². The van der Waals surface area contributed by atoms with E-state index in [-0.39, 0.29) is 0 Å². The molecule has 1 aromatic rings. The Kier molecular flexibility index (Phi) is 6.38. The SMILES string of the molecule is C/C(=C\CCCN)c1ccc(SC(C)C)cc1. The predicted molar refractivity (Wildman–Crippen MR) is 79.4 cm³/mol. The van der Waals surface area contributed by atoms with E-state index in [1.54, 1.807) is 0 Å². The van der Waals surface area contributed by atoms with Crippen molar-refractivity contribution in [2.24, 2.45) is 5.73 Å². The number of nitrogens with two attached hydrogens (primary N) is 1. The van der Waals surface area contributed by atoms with Crippen LogP contribution in [0.3, 0.4) is 0 Å². The summed E-state index contributed by atoms with van der Waals surface area (Å²) in [7, 11) is 0. The number of hydrogen-bond acceptors (Lipinski definition) is 2. The lowest BCUT2D eigenvalue weighted by Crippen LogP contribution is -1.96. The van der Waals surface area contributed by atoms with Gasteiger partial charge in [-0.25, -0.2) is 0 Å². The Balaban J connectivity index is 2.63. The third-order valence-electron chi connectivity index (χ3n) is 2.54. The standard InChI is InChI=1S/C15H23NS/c1-12(2)17-15-9-7-14(8-10-15)13(3)6-4-5-11-16/h6-10,12H,4-5,11,16H2,1-3H3/b13-6+. The average molecular weight is 249 g/mol. The third kappa shape index (κ3) is 5.42. The van der Waals surface area contributed by atoms with Crippen LogP contribution in [0.2, 0.25) is 0 Å². The second-order valence-corrected chi connectivity index (χ2v) is 6.16. The lowest BCUT2D eigenvalue weighted by molar-refractivity contribution is 0.855. The molecule has 0 saturated heterocycles. The maximum absolute atomic E-state index is 5.49. The molecule has 1 nitrogen and oxygen atoms in total. The first-order valence-corrected chi connectivity index (χ1v) is 7.15. The number of unbranched alkanes of at least 4 members (excludes halogenated alkanes) is 1. The lowest BCUT2D eigenvalue weighted by atomic mass is 10.1. The Hall–Kier alpha value is -0.730. The summed E-state index contributed by atoms with van der Waals surface area (Å²) in [5, 5.41) is 0.641. The van der Waals surface area contributed by atoms with Gasteiger partial charge in [-0.1, -0.05) is 32.1 Å². The zero-order valence-electron chi connectivity index (χ0n) is 11.1. The molecule has 0 aromatic heterocycles. The molecule has 1 aromatic carbocycles. The van der Waals surface area contributed by atoms with Crippen molar-refractivity contribution >= 4 is 17.3 Å². The molecule has 1 rings (SSSR count). The van der Waals surface area contributed by atoms with Crippen LogP contribution in [-0.2, 0) is 0 Å². The monoisotopic (exact) mass is 249 g/mol. The van der Waals surface area contributed by atoms with Gasteiger partial charge in [-0.05, 0) is 49.6 Å². The van der Waals surface area contributed by atoms with Crippen LogP contribution < -0.4 is 5.73 Å². The fourth-order valence-electron chi connectivity index (χ4n) is 1.62. The zero-order chi connectivity index (χ0) is 12.7. The maximum atomic E-state index is 5.49. The van der Waals surface area contributed by atoms with Gasteiger partial charge in [0.15, 0.2) is 0 Å². The average Bonchev–Trinajstić information content (AvgIpc) is 2.29. The predicted octanol–water partition coefficient (Wildman–Crippen LogP) is 4.33. The van der Waals surface area contributed by atoms with Gasteiger partial charge < -0.3 is 5.73 Å². The van der Waals surface area contributed by atoms with Crippen LogP contribution in [0.4, 0.5) is 0 Å². The molecule has 0 saturated carbocycles. The van der Waals surface area contributed by atoms with Gasteiger partial charge in [-0.2, -0.15) is 0 Å². The fourth-order valence-corrected chi connectivity index (χ4v) is 2.46. The van der Waals surface area contributed by atoms with E-state index >= 15 is 0 Å². The van der Waals surface area contributed by atoms with Crippen molar-refractivity contribution < 1.29 is 0 Å². The summed E-state index contributed by atoms with van der Waals surface area (Å²) in [6, 6.07) is 8.83. The largest absolute Gasteiger partial charge is 0.330 e. The molecule has 0 aliphatic heterocycles.